The molecule has 6 nitrogen and oxygen atoms in total. The highest BCUT2D eigenvalue weighted by atomic mass is 15.0. The van der Waals surface area contributed by atoms with Crippen LogP contribution in [0.15, 0.2) is 73.1 Å². The number of hydrogen-bond donors (Lipinski definition) is 0. The van der Waals surface area contributed by atoms with Gasteiger partial charge < -0.3 is 4.57 Å². The molecule has 2 heterocycles. The van der Waals surface area contributed by atoms with Crippen LogP contribution >= 0.6 is 0 Å². The van der Waals surface area contributed by atoms with Gasteiger partial charge in [-0.25, -0.2) is 14.8 Å². The van der Waals surface area contributed by atoms with E-state index in [9.17, 15) is 5.26 Å². The number of para-hydroxylation sites is 1. The first kappa shape index (κ1) is 18.1. The molecule has 0 radical (unpaired) electrons. The predicted molar refractivity (Wildman–Crippen MR) is 117 cm³/mol. The van der Waals surface area contributed by atoms with Gasteiger partial charge in [-0.2, -0.15) is 10.5 Å². The molecule has 6 heteroatoms. The van der Waals surface area contributed by atoms with Crippen molar-refractivity contribution in [3.63, 3.8) is 0 Å². The van der Waals surface area contributed by atoms with Crippen molar-refractivity contribution < 1.29 is 0 Å². The van der Waals surface area contributed by atoms with Crippen LogP contribution in [0, 0.1) is 29.2 Å². The van der Waals surface area contributed by atoms with Crippen molar-refractivity contribution in [2.24, 2.45) is 0 Å². The Balaban J connectivity index is 1.77. The lowest BCUT2D eigenvalue weighted by atomic mass is 10.1. The molecule has 0 amide bonds. The monoisotopic (exact) mass is 396 g/mol. The second-order valence-electron chi connectivity index (χ2n) is 6.92. The first-order valence-corrected chi connectivity index (χ1v) is 9.41. The molecule has 0 aliphatic rings. The van der Waals surface area contributed by atoms with Crippen LogP contribution < -0.4 is 0 Å². The van der Waals surface area contributed by atoms with Crippen LogP contribution in [-0.2, 0) is 0 Å². The maximum atomic E-state index is 9.92. The summed E-state index contributed by atoms with van der Waals surface area (Å²) in [6, 6.07) is 23.3. The van der Waals surface area contributed by atoms with Crippen LogP contribution in [0.2, 0.25) is 0 Å². The van der Waals surface area contributed by atoms with Crippen molar-refractivity contribution in [3.8, 4) is 29.2 Å². The summed E-state index contributed by atoms with van der Waals surface area (Å²) < 4.78 is 2.02. The van der Waals surface area contributed by atoms with Crippen molar-refractivity contribution in [2.45, 2.75) is 0 Å². The maximum Gasteiger partial charge on any atom is 0.189 e. The zero-order valence-electron chi connectivity index (χ0n) is 16.1. The summed E-state index contributed by atoms with van der Waals surface area (Å²) in [4.78, 5) is 12.0. The maximum absolute atomic E-state index is 9.92. The van der Waals surface area contributed by atoms with Gasteiger partial charge in [-0.05, 0) is 30.3 Å². The van der Waals surface area contributed by atoms with Gasteiger partial charge in [0.1, 0.15) is 12.1 Å². The summed E-state index contributed by atoms with van der Waals surface area (Å²) in [5, 5.41) is 20.9. The summed E-state index contributed by atoms with van der Waals surface area (Å²) in [5.41, 5.74) is 4.61. The van der Waals surface area contributed by atoms with Crippen LogP contribution in [-0.4, -0.2) is 14.5 Å². The minimum Gasteiger partial charge on any atom is -0.309 e. The number of hydrogen-bond acceptors (Lipinski definition) is 4. The Kier molecular flexibility index (Phi) is 4.15. The van der Waals surface area contributed by atoms with Crippen molar-refractivity contribution in [1.29, 1.82) is 10.5 Å². The van der Waals surface area contributed by atoms with E-state index in [1.165, 1.54) is 12.4 Å². The van der Waals surface area contributed by atoms with E-state index in [0.717, 1.165) is 21.8 Å². The highest BCUT2D eigenvalue weighted by Gasteiger charge is 2.16. The number of benzene rings is 3. The quantitative estimate of drug-likeness (QED) is 0.367. The third-order valence-electron chi connectivity index (χ3n) is 5.18. The van der Waals surface area contributed by atoms with E-state index in [1.807, 2.05) is 65.2 Å². The summed E-state index contributed by atoms with van der Waals surface area (Å²) in [7, 11) is 0. The molecule has 0 aliphatic carbocycles. The first-order valence-electron chi connectivity index (χ1n) is 9.41. The molecule has 0 aliphatic heterocycles. The van der Waals surface area contributed by atoms with Gasteiger partial charge in [-0.1, -0.05) is 30.3 Å². The highest BCUT2D eigenvalue weighted by Crippen LogP contribution is 2.35. The van der Waals surface area contributed by atoms with E-state index in [0.29, 0.717) is 33.9 Å². The van der Waals surface area contributed by atoms with Crippen molar-refractivity contribution in [2.75, 3.05) is 0 Å². The normalized spacial score (nSPS) is 10.5. The number of fused-ring (bicyclic) bond motifs is 3. The summed E-state index contributed by atoms with van der Waals surface area (Å²) in [6.07, 6.45) is 2.92. The molecule has 0 N–H and O–H groups in total. The average molecular weight is 396 g/mol. The van der Waals surface area contributed by atoms with Gasteiger partial charge in [-0.3, -0.25) is 0 Å². The highest BCUT2D eigenvalue weighted by molar-refractivity contribution is 6.10. The van der Waals surface area contributed by atoms with E-state index in [1.54, 1.807) is 6.07 Å². The lowest BCUT2D eigenvalue weighted by molar-refractivity contribution is 1.14. The molecule has 5 aromatic rings. The first-order chi connectivity index (χ1) is 15.2. The van der Waals surface area contributed by atoms with Crippen LogP contribution in [0.5, 0.6) is 0 Å². The zero-order chi connectivity index (χ0) is 21.4. The summed E-state index contributed by atoms with van der Waals surface area (Å²) >= 11 is 0. The third-order valence-corrected chi connectivity index (χ3v) is 5.18. The smallest absolute Gasteiger partial charge is 0.189 e. The van der Waals surface area contributed by atoms with Crippen LogP contribution in [0.1, 0.15) is 11.1 Å². The second kappa shape index (κ2) is 7.12. The molecule has 0 atom stereocenters. The van der Waals surface area contributed by atoms with Gasteiger partial charge >= 0.3 is 0 Å². The Labute approximate surface area is 177 Å². The fourth-order valence-electron chi connectivity index (χ4n) is 3.78. The zero-order valence-corrected chi connectivity index (χ0v) is 16.1. The van der Waals surface area contributed by atoms with Gasteiger partial charge in [0, 0.05) is 34.2 Å². The Morgan fingerprint density at radius 2 is 1.61 bits per heavy atom. The van der Waals surface area contributed by atoms with Crippen molar-refractivity contribution >= 4 is 27.5 Å². The predicted octanol–water partition coefficient (Wildman–Crippen LogP) is 5.53. The van der Waals surface area contributed by atoms with E-state index >= 15 is 0 Å². The van der Waals surface area contributed by atoms with Gasteiger partial charge in [-0.15, -0.1) is 0 Å². The van der Waals surface area contributed by atoms with Gasteiger partial charge in [0.05, 0.1) is 28.9 Å². The molecule has 0 bridgehead atoms. The van der Waals surface area contributed by atoms with E-state index in [-0.39, 0.29) is 0 Å². The molecule has 0 fully saturated rings. The molecule has 142 valence electrons. The molecule has 31 heavy (non-hydrogen) atoms. The number of nitriles is 2. The van der Waals surface area contributed by atoms with Gasteiger partial charge in [0.2, 0.25) is 0 Å². The van der Waals surface area contributed by atoms with E-state index in [2.05, 4.69) is 20.9 Å². The molecule has 0 saturated carbocycles. The van der Waals surface area contributed by atoms with Gasteiger partial charge in [0.15, 0.2) is 11.5 Å². The lowest BCUT2D eigenvalue weighted by Gasteiger charge is -2.11. The van der Waals surface area contributed by atoms with Crippen molar-refractivity contribution in [3.05, 3.63) is 95.6 Å². The SMILES string of the molecule is [C-]#[N+]c1ccc2c3ccccc3n(-c3ccc(-c4ncc(C#N)cn4)cc3C#N)c2c1. The minimum atomic E-state index is 0.377. The minimum absolute atomic E-state index is 0.377. The molecule has 5 rings (SSSR count). The van der Waals surface area contributed by atoms with Gasteiger partial charge in [0.25, 0.3) is 0 Å². The van der Waals surface area contributed by atoms with Crippen LogP contribution in [0.25, 0.3) is 43.7 Å². The van der Waals surface area contributed by atoms with Crippen LogP contribution in [0.4, 0.5) is 5.69 Å². The Morgan fingerprint density at radius 1 is 0.839 bits per heavy atom. The van der Waals surface area contributed by atoms with E-state index < -0.39 is 0 Å². The molecule has 2 aromatic heterocycles. The fraction of sp³-hybridized carbons (Fsp3) is 0. The lowest BCUT2D eigenvalue weighted by Crippen LogP contribution is -1.99. The standard InChI is InChI=1S/C25H12N6/c1-28-19-7-8-21-20-4-2-3-5-23(20)31(24(21)11-19)22-9-6-17(10-18(22)13-27)25-29-14-16(12-26)15-30-25/h2-11,14-15H. The van der Waals surface area contributed by atoms with Crippen LogP contribution in [0.3, 0.4) is 0 Å². The third kappa shape index (κ3) is 2.86. The fourth-order valence-corrected chi connectivity index (χ4v) is 3.78. The summed E-state index contributed by atoms with van der Waals surface area (Å²) in [5.74, 6) is 0.444. The Hall–Kier alpha value is -4.99. The van der Waals surface area contributed by atoms with E-state index in [4.69, 9.17) is 11.8 Å². The van der Waals surface area contributed by atoms with Crippen molar-refractivity contribution in [1.82, 2.24) is 14.5 Å². The molecule has 0 unspecified atom stereocenters. The molecular formula is C25H12N6. The summed E-state index contributed by atoms with van der Waals surface area (Å²) in [6.45, 7) is 7.39. The number of nitrogens with zero attached hydrogens (tertiary/aromatic N) is 6. The molecular weight excluding hydrogens is 384 g/mol. The Morgan fingerprint density at radius 3 is 2.35 bits per heavy atom. The molecule has 0 saturated heterocycles. The largest absolute Gasteiger partial charge is 0.309 e. The average Bonchev–Trinajstić information content (AvgIpc) is 3.17. The number of rotatable bonds is 2. The molecule has 0 spiro atoms. The Bertz CT molecular complexity index is 1610. The topological polar surface area (TPSA) is 82.7 Å². The number of aromatic nitrogens is 3. The second-order valence-corrected chi connectivity index (χ2v) is 6.92. The molecule has 3 aromatic carbocycles.